The Hall–Kier alpha value is -1.02. The van der Waals surface area contributed by atoms with Crippen LogP contribution in [0.25, 0.3) is 0 Å². The van der Waals surface area contributed by atoms with Gasteiger partial charge in [-0.1, -0.05) is 441 Å². The molecule has 6 nitrogen and oxygen atoms in total. The van der Waals surface area contributed by atoms with Gasteiger partial charge in [-0.05, 0) is 176 Å². The lowest BCUT2D eigenvalue weighted by molar-refractivity contribution is 0.0271. The summed E-state index contributed by atoms with van der Waals surface area (Å²) in [5.74, 6) is 6.90. The lowest BCUT2D eigenvalue weighted by atomic mass is 9.77. The molecule has 0 aromatic heterocycles. The van der Waals surface area contributed by atoms with E-state index in [0.29, 0.717) is 102 Å². The fourth-order valence-corrected chi connectivity index (χ4v) is 12.3. The van der Waals surface area contributed by atoms with Gasteiger partial charge in [0.05, 0.1) is 18.8 Å². The van der Waals surface area contributed by atoms with Crippen LogP contribution < -0.4 is 0 Å². The maximum atomic E-state index is 8.73. The molecule has 112 heavy (non-hydrogen) atoms. The van der Waals surface area contributed by atoms with E-state index in [2.05, 4.69) is 391 Å². The summed E-state index contributed by atoms with van der Waals surface area (Å²) >= 11 is 0. The average Bonchev–Trinajstić information content (AvgIpc) is 0.889. The van der Waals surface area contributed by atoms with Gasteiger partial charge in [0.1, 0.15) is 0 Å². The lowest BCUT2D eigenvalue weighted by Crippen LogP contribution is -2.28. The number of aliphatic hydroxyl groups is 1. The molecule has 0 aliphatic heterocycles. The van der Waals surface area contributed by atoms with Gasteiger partial charge in [0.25, 0.3) is 0 Å². The smallest absolute Gasteiger partial charge is 0.0716 e. The van der Waals surface area contributed by atoms with Crippen LogP contribution in [-0.2, 0) is 30.3 Å². The molecule has 1 aromatic rings. The van der Waals surface area contributed by atoms with Gasteiger partial charge in [-0.3, -0.25) is 0 Å². The van der Waals surface area contributed by atoms with E-state index < -0.39 is 0 Å². The molecule has 0 amide bonds. The Bertz CT molecular complexity index is 1990. The maximum absolute atomic E-state index is 8.73. The van der Waals surface area contributed by atoms with E-state index in [4.69, 9.17) is 28.8 Å². The zero-order valence-corrected chi connectivity index (χ0v) is 89.4. The van der Waals surface area contributed by atoms with Crippen molar-refractivity contribution in [3.8, 4) is 0 Å². The molecule has 0 spiro atoms. The number of rotatable bonds is 25. The second-order valence-corrected chi connectivity index (χ2v) is 47.3. The minimum atomic E-state index is 0.329. The van der Waals surface area contributed by atoms with Crippen molar-refractivity contribution in [3.63, 3.8) is 0 Å². The van der Waals surface area contributed by atoms with Crippen molar-refractivity contribution in [1.29, 1.82) is 0 Å². The molecule has 1 N–H and O–H groups in total. The average molecular weight is 1600 g/mol. The van der Waals surface area contributed by atoms with Gasteiger partial charge in [0.2, 0.25) is 0 Å². The minimum absolute atomic E-state index is 0.329. The molecule has 6 heteroatoms. The molecule has 0 aliphatic rings. The van der Waals surface area contributed by atoms with Crippen molar-refractivity contribution in [2.75, 3.05) is 54.9 Å². The first-order chi connectivity index (χ1) is 49.9. The van der Waals surface area contributed by atoms with Crippen LogP contribution in [0.5, 0.6) is 0 Å². The van der Waals surface area contributed by atoms with Crippen LogP contribution in [0.1, 0.15) is 469 Å². The summed E-state index contributed by atoms with van der Waals surface area (Å²) in [4.78, 5) is 0. The summed E-state index contributed by atoms with van der Waals surface area (Å²) in [6.07, 6.45) is 19.2. The van der Waals surface area contributed by atoms with E-state index in [-0.39, 0.29) is 0 Å². The van der Waals surface area contributed by atoms with E-state index in [1.807, 2.05) is 6.07 Å². The number of ether oxygens (including phenoxy) is 5. The van der Waals surface area contributed by atoms with E-state index >= 15 is 0 Å². The number of aliphatic hydroxyl groups excluding tert-OH is 1. The molecule has 0 saturated carbocycles. The summed E-state index contributed by atoms with van der Waals surface area (Å²) < 4.78 is 26.3. The van der Waals surface area contributed by atoms with Crippen molar-refractivity contribution in [1.82, 2.24) is 0 Å². The topological polar surface area (TPSA) is 66.4 Å². The molecule has 8 atom stereocenters. The first-order valence-corrected chi connectivity index (χ1v) is 46.2. The summed E-state index contributed by atoms with van der Waals surface area (Å²) in [5.41, 5.74) is 6.74. The molecule has 1 aromatic carbocycles. The second kappa shape index (κ2) is 69.6. The molecular formula is C106H228O6. The van der Waals surface area contributed by atoms with Crippen LogP contribution in [0.4, 0.5) is 0 Å². The van der Waals surface area contributed by atoms with Crippen molar-refractivity contribution >= 4 is 0 Å². The Morgan fingerprint density at radius 3 is 0.804 bits per heavy atom. The third-order valence-corrected chi connectivity index (χ3v) is 23.0. The van der Waals surface area contributed by atoms with Gasteiger partial charge in [0, 0.05) is 54.9 Å². The van der Waals surface area contributed by atoms with E-state index in [1.54, 1.807) is 28.4 Å². The third-order valence-electron chi connectivity index (χ3n) is 23.0. The summed E-state index contributed by atoms with van der Waals surface area (Å²) in [7, 11) is 7.08. The fraction of sp³-hybridized carbons (Fsp3) is 0.943. The molecular weight excluding hydrogens is 1370 g/mol. The lowest BCUT2D eigenvalue weighted by Gasteiger charge is -2.31. The second-order valence-electron chi connectivity index (χ2n) is 47.3. The van der Waals surface area contributed by atoms with Crippen molar-refractivity contribution in [2.45, 2.75) is 482 Å². The monoisotopic (exact) mass is 1600 g/mol. The van der Waals surface area contributed by atoms with Gasteiger partial charge in [0.15, 0.2) is 0 Å². The quantitative estimate of drug-likeness (QED) is 0.0984. The predicted molar refractivity (Wildman–Crippen MR) is 519 cm³/mol. The van der Waals surface area contributed by atoms with Crippen LogP contribution in [0.15, 0.2) is 30.3 Å². The highest BCUT2D eigenvalue weighted by molar-refractivity contribution is 5.13. The molecule has 0 fully saturated rings. The van der Waals surface area contributed by atoms with Crippen LogP contribution in [0.2, 0.25) is 0 Å². The minimum Gasteiger partial charge on any atom is -0.396 e. The number of hydrogen-bond acceptors (Lipinski definition) is 6. The maximum Gasteiger partial charge on any atom is 0.0716 e. The largest absolute Gasteiger partial charge is 0.396 e. The standard InChI is InChI=1S/C16H26O.C10H22O.3C9H20O.C9H20.C8H18O.2C8H18.2C7H16.C6H14/c1-5-15(16(2,3)4)11-12-17-13-14-9-7-6-8-10-14;1-6-9(7-8-11-5)10(2,3)4;1-7(8(2)10-6)9(3,4)5;1-6-8(7-10-5)9(2,3)4;1-5-8(6-7-10)9(2,3)4;1-6-8(7-2)9(3,4)5;1-7(9-5)6-8(2,3)4;1-7(2)6-8(3,4)5;1-6-7(2)8(3,4)5;1-6(2)7(3,4)5;1-5-6-7(2,3)4;1-5-6(2,3)4/h6-10,15H,5,11-13H2,1-4H3;9H,6-8H2,1-5H3;7-8H,1-6H3;8H,6-7H2,1-5H3;8,10H,5-7H2,1-4H3;8H,6-7H2,1-5H3;7H,6H2,1-5H3;2*7H,6H2,1-5H3;6H,1-5H3;5-6H2,1-4H3;5H2,1-4H3. The molecule has 688 valence electrons. The number of benzene rings is 1. The SMILES string of the molecule is CC(C)C(C)(C)C.CC(C)CC(C)(C)C.CCC(C)(C)C.CCC(C)C(C)(C)C.CCC(CC)C(C)(C)C.CCC(CCO)C(C)(C)C.CCC(CCOC)C(C)(C)C.CCC(CCOCc1ccccc1)C(C)(C)C.CCC(COC)C(C)(C)C.CCCC(C)(C)C.COC(C)C(C)C(C)(C)C.COC(C)CC(C)(C)C. The van der Waals surface area contributed by atoms with E-state index in [0.717, 1.165) is 81.2 Å². The molecule has 0 radical (unpaired) electrons. The Kier molecular flexibility index (Phi) is 83.5. The molecule has 1 rings (SSSR count). The molecule has 0 heterocycles. The highest BCUT2D eigenvalue weighted by Gasteiger charge is 2.28. The Labute approximate surface area is 715 Å². The van der Waals surface area contributed by atoms with Crippen LogP contribution in [0, 0.1) is 118 Å². The number of methoxy groups -OCH3 is 4. The number of hydrogen-bond donors (Lipinski definition) is 1. The third kappa shape index (κ3) is 103. The van der Waals surface area contributed by atoms with Crippen molar-refractivity contribution in [3.05, 3.63) is 35.9 Å². The van der Waals surface area contributed by atoms with Crippen molar-refractivity contribution in [2.24, 2.45) is 118 Å². The predicted octanol–water partition coefficient (Wildman–Crippen LogP) is 35.7. The van der Waals surface area contributed by atoms with Gasteiger partial charge < -0.3 is 28.8 Å². The molecule has 0 saturated heterocycles. The zero-order valence-electron chi connectivity index (χ0n) is 89.4. The Morgan fingerprint density at radius 2 is 0.670 bits per heavy atom. The summed E-state index contributed by atoms with van der Waals surface area (Å²) in [6, 6.07) is 10.4. The van der Waals surface area contributed by atoms with Gasteiger partial charge in [-0.2, -0.15) is 0 Å². The summed E-state index contributed by atoms with van der Waals surface area (Å²) in [5, 5.41) is 8.73. The zero-order chi connectivity index (χ0) is 92.1. The van der Waals surface area contributed by atoms with Gasteiger partial charge in [-0.15, -0.1) is 0 Å². The molecule has 8 unspecified atom stereocenters. The van der Waals surface area contributed by atoms with E-state index in [1.165, 1.54) is 82.6 Å². The highest BCUT2D eigenvalue weighted by Crippen LogP contribution is 2.36. The fourth-order valence-electron chi connectivity index (χ4n) is 12.3. The molecule has 0 aliphatic carbocycles. The van der Waals surface area contributed by atoms with Gasteiger partial charge >= 0.3 is 0 Å². The Balaban J connectivity index is -0.000000112. The van der Waals surface area contributed by atoms with Gasteiger partial charge in [-0.25, -0.2) is 0 Å². The first kappa shape index (κ1) is 134. The van der Waals surface area contributed by atoms with Crippen molar-refractivity contribution < 1.29 is 28.8 Å². The van der Waals surface area contributed by atoms with Crippen LogP contribution in [0.3, 0.4) is 0 Å². The summed E-state index contributed by atoms with van der Waals surface area (Å²) in [6.45, 7) is 123. The Morgan fingerprint density at radius 1 is 0.339 bits per heavy atom. The van der Waals surface area contributed by atoms with Crippen LogP contribution >= 0.6 is 0 Å². The van der Waals surface area contributed by atoms with Crippen LogP contribution in [-0.4, -0.2) is 72.2 Å². The molecule has 0 bridgehead atoms. The van der Waals surface area contributed by atoms with E-state index in [9.17, 15) is 0 Å². The normalized spacial score (nSPS) is 14.5. The highest BCUT2D eigenvalue weighted by atomic mass is 16.5. The first-order valence-electron chi connectivity index (χ1n) is 46.2.